The molecule has 1 N–H and O–H groups in total. The van der Waals surface area contributed by atoms with Crippen molar-refractivity contribution < 1.29 is 19.4 Å². The molecular weight excluding hydrogens is 220 g/mol. The lowest BCUT2D eigenvalue weighted by Gasteiger charge is -2.10. The Bertz CT molecular complexity index is 451. The van der Waals surface area contributed by atoms with Crippen molar-refractivity contribution in [1.29, 1.82) is 0 Å². The van der Waals surface area contributed by atoms with Gasteiger partial charge in [0, 0.05) is 6.42 Å². The van der Waals surface area contributed by atoms with Crippen LogP contribution in [0.2, 0.25) is 0 Å². The summed E-state index contributed by atoms with van der Waals surface area (Å²) in [5.41, 5.74) is 1.34. The molecule has 1 aromatic carbocycles. The van der Waals surface area contributed by atoms with E-state index < -0.39 is 5.97 Å². The third kappa shape index (κ3) is 2.78. The Hall–Kier alpha value is -1.97. The van der Waals surface area contributed by atoms with Crippen molar-refractivity contribution in [3.05, 3.63) is 30.3 Å². The van der Waals surface area contributed by atoms with Crippen LogP contribution in [0.3, 0.4) is 0 Å². The van der Waals surface area contributed by atoms with Crippen molar-refractivity contribution in [2.45, 2.75) is 12.8 Å². The number of carboxylic acids is 1. The Kier molecular flexibility index (Phi) is 3.32. The summed E-state index contributed by atoms with van der Waals surface area (Å²) in [5, 5.41) is 8.71. The number of benzene rings is 1. The molecular formula is C13H14O4. The van der Waals surface area contributed by atoms with Gasteiger partial charge in [0.25, 0.3) is 0 Å². The lowest BCUT2D eigenvalue weighted by molar-refractivity contribution is -0.135. The molecule has 4 heteroatoms. The van der Waals surface area contributed by atoms with Gasteiger partial charge in [-0.05, 0) is 23.3 Å². The fourth-order valence-electron chi connectivity index (χ4n) is 1.67. The summed E-state index contributed by atoms with van der Waals surface area (Å²) >= 11 is 0. The van der Waals surface area contributed by atoms with Crippen LogP contribution in [-0.4, -0.2) is 24.3 Å². The minimum Gasteiger partial charge on any atom is -0.490 e. The van der Waals surface area contributed by atoms with Gasteiger partial charge >= 0.3 is 5.97 Å². The fraction of sp³-hybridized carbons (Fsp3) is 0.308. The van der Waals surface area contributed by atoms with Crippen molar-refractivity contribution in [2.24, 2.45) is 0 Å². The monoisotopic (exact) mass is 234 g/mol. The average molecular weight is 234 g/mol. The molecule has 1 aliphatic heterocycles. The quantitative estimate of drug-likeness (QED) is 0.872. The topological polar surface area (TPSA) is 55.8 Å². The molecule has 4 nitrogen and oxygen atoms in total. The van der Waals surface area contributed by atoms with E-state index in [9.17, 15) is 4.79 Å². The molecule has 0 spiro atoms. The zero-order valence-corrected chi connectivity index (χ0v) is 9.44. The molecule has 1 heterocycles. The maximum Gasteiger partial charge on any atom is 0.307 e. The van der Waals surface area contributed by atoms with E-state index in [-0.39, 0.29) is 6.42 Å². The number of aliphatic carboxylic acids is 1. The van der Waals surface area contributed by atoms with Crippen LogP contribution in [-0.2, 0) is 4.79 Å². The van der Waals surface area contributed by atoms with Crippen LogP contribution in [0, 0.1) is 0 Å². The van der Waals surface area contributed by atoms with Gasteiger partial charge in [0.2, 0.25) is 0 Å². The fourth-order valence-corrected chi connectivity index (χ4v) is 1.67. The normalized spacial score (nSPS) is 13.9. The summed E-state index contributed by atoms with van der Waals surface area (Å²) in [6, 6.07) is 5.38. The van der Waals surface area contributed by atoms with Gasteiger partial charge in [-0.25, -0.2) is 0 Å². The van der Waals surface area contributed by atoms with Gasteiger partial charge in [0.1, 0.15) is 0 Å². The smallest absolute Gasteiger partial charge is 0.307 e. The second-order valence-corrected chi connectivity index (χ2v) is 3.89. The number of carbonyl (C=O) groups is 1. The molecule has 17 heavy (non-hydrogen) atoms. The first-order valence-corrected chi connectivity index (χ1v) is 5.46. The molecule has 90 valence electrons. The Morgan fingerprint density at radius 3 is 2.71 bits per heavy atom. The summed E-state index contributed by atoms with van der Waals surface area (Å²) in [6.45, 7) is 5.01. The van der Waals surface area contributed by atoms with Gasteiger partial charge in [0.05, 0.1) is 19.6 Å². The largest absolute Gasteiger partial charge is 0.490 e. The lowest BCUT2D eigenvalue weighted by atomic mass is 10.0. The molecule has 0 aliphatic carbocycles. The molecule has 2 rings (SSSR count). The molecule has 0 fully saturated rings. The maximum absolute atomic E-state index is 10.6. The Morgan fingerprint density at radius 1 is 1.29 bits per heavy atom. The summed E-state index contributed by atoms with van der Waals surface area (Å²) in [7, 11) is 0. The van der Waals surface area contributed by atoms with Crippen LogP contribution in [0.15, 0.2) is 24.8 Å². The van der Waals surface area contributed by atoms with Gasteiger partial charge in [-0.3, -0.25) is 4.79 Å². The lowest BCUT2D eigenvalue weighted by Crippen LogP contribution is -1.98. The molecule has 0 saturated carbocycles. The second-order valence-electron chi connectivity index (χ2n) is 3.89. The van der Waals surface area contributed by atoms with Gasteiger partial charge in [-0.15, -0.1) is 0 Å². The Labute approximate surface area is 99.5 Å². The predicted molar refractivity (Wildman–Crippen MR) is 63.3 cm³/mol. The maximum atomic E-state index is 10.6. The van der Waals surface area contributed by atoms with Crippen LogP contribution in [0.1, 0.15) is 18.4 Å². The van der Waals surface area contributed by atoms with Crippen molar-refractivity contribution in [3.63, 3.8) is 0 Å². The van der Waals surface area contributed by atoms with Crippen molar-refractivity contribution in [1.82, 2.24) is 0 Å². The Balaban J connectivity index is 2.23. The van der Waals surface area contributed by atoms with Gasteiger partial charge in [-0.1, -0.05) is 12.6 Å². The van der Waals surface area contributed by atoms with E-state index in [4.69, 9.17) is 14.6 Å². The van der Waals surface area contributed by atoms with E-state index >= 15 is 0 Å². The minimum absolute atomic E-state index is 0.0698. The van der Waals surface area contributed by atoms with E-state index in [0.717, 1.165) is 12.0 Å². The van der Waals surface area contributed by atoms with Gasteiger partial charge in [0.15, 0.2) is 11.5 Å². The van der Waals surface area contributed by atoms with Crippen molar-refractivity contribution in [2.75, 3.05) is 13.2 Å². The van der Waals surface area contributed by atoms with E-state index in [0.29, 0.717) is 30.3 Å². The average Bonchev–Trinajstić information content (AvgIpc) is 2.51. The van der Waals surface area contributed by atoms with E-state index in [1.54, 1.807) is 18.2 Å². The second kappa shape index (κ2) is 4.91. The first kappa shape index (κ1) is 11.5. The first-order chi connectivity index (χ1) is 8.16. The first-order valence-electron chi connectivity index (χ1n) is 5.46. The number of carboxylic acid groups (broad SMARTS) is 1. The molecule has 1 aliphatic rings. The number of rotatable bonds is 3. The van der Waals surface area contributed by atoms with E-state index in [1.807, 2.05) is 0 Å². The van der Waals surface area contributed by atoms with Gasteiger partial charge < -0.3 is 14.6 Å². The summed E-state index contributed by atoms with van der Waals surface area (Å²) < 4.78 is 11.0. The predicted octanol–water partition coefficient (Wildman–Crippen LogP) is 2.34. The third-order valence-corrected chi connectivity index (χ3v) is 2.52. The molecule has 0 atom stereocenters. The zero-order valence-electron chi connectivity index (χ0n) is 9.44. The summed E-state index contributed by atoms with van der Waals surface area (Å²) in [4.78, 5) is 10.6. The molecule has 0 unspecified atom stereocenters. The number of fused-ring (bicyclic) bond motifs is 1. The standard InChI is InChI=1S/C13H14O4/c1-9(7-13(14)15)10-3-4-11-12(8-10)17-6-2-5-16-11/h3-4,8H,1-2,5-7H2,(H,14,15). The van der Waals surface area contributed by atoms with Crippen LogP contribution < -0.4 is 9.47 Å². The molecule has 0 aromatic heterocycles. The molecule has 0 amide bonds. The Morgan fingerprint density at radius 2 is 2.00 bits per heavy atom. The number of ether oxygens (including phenoxy) is 2. The highest BCUT2D eigenvalue weighted by Gasteiger charge is 2.12. The van der Waals surface area contributed by atoms with Gasteiger partial charge in [-0.2, -0.15) is 0 Å². The molecule has 1 aromatic rings. The van der Waals surface area contributed by atoms with Crippen LogP contribution in [0.5, 0.6) is 11.5 Å². The zero-order chi connectivity index (χ0) is 12.3. The molecule has 0 radical (unpaired) electrons. The highest BCUT2D eigenvalue weighted by atomic mass is 16.5. The van der Waals surface area contributed by atoms with Crippen LogP contribution in [0.25, 0.3) is 5.57 Å². The molecule has 0 bridgehead atoms. The summed E-state index contributed by atoms with van der Waals surface area (Å²) in [6.07, 6.45) is 0.778. The highest BCUT2D eigenvalue weighted by Crippen LogP contribution is 2.32. The summed E-state index contributed by atoms with van der Waals surface area (Å²) in [5.74, 6) is 0.475. The number of hydrogen-bond donors (Lipinski definition) is 1. The third-order valence-electron chi connectivity index (χ3n) is 2.52. The SMILES string of the molecule is C=C(CC(=O)O)c1ccc2c(c1)OCCCO2. The minimum atomic E-state index is -0.887. The van der Waals surface area contributed by atoms with Crippen molar-refractivity contribution in [3.8, 4) is 11.5 Å². The van der Waals surface area contributed by atoms with Crippen LogP contribution >= 0.6 is 0 Å². The highest BCUT2D eigenvalue weighted by molar-refractivity contribution is 5.83. The van der Waals surface area contributed by atoms with Crippen molar-refractivity contribution >= 4 is 11.5 Å². The van der Waals surface area contributed by atoms with E-state index in [2.05, 4.69) is 6.58 Å². The van der Waals surface area contributed by atoms with Crippen LogP contribution in [0.4, 0.5) is 0 Å². The number of hydrogen-bond acceptors (Lipinski definition) is 3. The van der Waals surface area contributed by atoms with E-state index in [1.165, 1.54) is 0 Å². The molecule has 0 saturated heterocycles.